The predicted molar refractivity (Wildman–Crippen MR) is 132 cm³/mol. The van der Waals surface area contributed by atoms with Crippen molar-refractivity contribution in [2.75, 3.05) is 26.7 Å². The average molecular weight is 429 g/mol. The van der Waals surface area contributed by atoms with Crippen molar-refractivity contribution in [3.63, 3.8) is 0 Å². The van der Waals surface area contributed by atoms with Crippen molar-refractivity contribution in [2.45, 2.75) is 26.8 Å². The van der Waals surface area contributed by atoms with Gasteiger partial charge < -0.3 is 16.0 Å². The van der Waals surface area contributed by atoms with Gasteiger partial charge in [-0.25, -0.2) is 5.48 Å². The van der Waals surface area contributed by atoms with Gasteiger partial charge in [0, 0.05) is 38.5 Å². The van der Waals surface area contributed by atoms with E-state index in [0.717, 1.165) is 31.6 Å². The third-order valence-corrected chi connectivity index (χ3v) is 3.84. The van der Waals surface area contributed by atoms with Crippen LogP contribution in [-0.4, -0.2) is 42.7 Å². The number of nitrogens with zero attached hydrogens (tertiary/aromatic N) is 1. The molecule has 0 atom stereocenters. The summed E-state index contributed by atoms with van der Waals surface area (Å²) in [6.07, 6.45) is 9.91. The van der Waals surface area contributed by atoms with Gasteiger partial charge >= 0.3 is 0 Å². The van der Waals surface area contributed by atoms with Gasteiger partial charge in [0.15, 0.2) is 0 Å². The molecule has 0 bridgehead atoms. The molecule has 1 aromatic carbocycles. The Morgan fingerprint density at radius 3 is 2.29 bits per heavy atom. The van der Waals surface area contributed by atoms with Crippen LogP contribution in [0.1, 0.15) is 25.8 Å². The van der Waals surface area contributed by atoms with Crippen molar-refractivity contribution < 1.29 is 10.0 Å². The molecule has 1 amide bonds. The van der Waals surface area contributed by atoms with Gasteiger partial charge in [0.05, 0.1) is 0 Å². The fourth-order valence-corrected chi connectivity index (χ4v) is 2.43. The first-order valence-electron chi connectivity index (χ1n) is 10.2. The zero-order valence-electron chi connectivity index (χ0n) is 19.3. The fourth-order valence-electron chi connectivity index (χ4n) is 2.43. The van der Waals surface area contributed by atoms with E-state index in [2.05, 4.69) is 73.4 Å². The molecule has 0 fully saturated rings. The number of benzene rings is 1. The van der Waals surface area contributed by atoms with Crippen LogP contribution in [0.3, 0.4) is 0 Å². The van der Waals surface area contributed by atoms with Crippen molar-refractivity contribution in [1.29, 1.82) is 0 Å². The molecule has 0 aliphatic rings. The summed E-state index contributed by atoms with van der Waals surface area (Å²) in [5, 5.41) is 11.1. The zero-order valence-corrected chi connectivity index (χ0v) is 19.3. The van der Waals surface area contributed by atoms with Crippen LogP contribution in [0.2, 0.25) is 0 Å². The summed E-state index contributed by atoms with van der Waals surface area (Å²) < 4.78 is 0. The predicted octanol–water partition coefficient (Wildman–Crippen LogP) is 3.94. The van der Waals surface area contributed by atoms with Crippen LogP contribution in [-0.2, 0) is 11.3 Å². The molecule has 6 heteroatoms. The molecule has 0 aromatic heterocycles. The largest absolute Gasteiger partial charge is 0.370 e. The monoisotopic (exact) mass is 428 g/mol. The molecule has 0 saturated carbocycles. The lowest BCUT2D eigenvalue weighted by Gasteiger charge is -2.24. The molecular weight excluding hydrogens is 388 g/mol. The minimum Gasteiger partial charge on any atom is -0.370 e. The molecule has 0 spiro atoms. The summed E-state index contributed by atoms with van der Waals surface area (Å²) in [5.41, 5.74) is 10.5. The van der Waals surface area contributed by atoms with Crippen molar-refractivity contribution in [3.05, 3.63) is 97.3 Å². The number of allylic oxidation sites excluding steroid dienone is 5. The van der Waals surface area contributed by atoms with Crippen LogP contribution in [0.5, 0.6) is 0 Å². The zero-order chi connectivity index (χ0) is 23.9. The molecule has 0 aliphatic carbocycles. The highest BCUT2D eigenvalue weighted by atomic mass is 16.5. The van der Waals surface area contributed by atoms with Crippen LogP contribution in [0, 0.1) is 0 Å². The first-order valence-corrected chi connectivity index (χ1v) is 10.2. The van der Waals surface area contributed by atoms with Gasteiger partial charge in [0.2, 0.25) is 0 Å². The van der Waals surface area contributed by atoms with E-state index in [4.69, 9.17) is 10.9 Å². The van der Waals surface area contributed by atoms with Gasteiger partial charge in [0.25, 0.3) is 5.91 Å². The number of nitrogens with two attached hydrogens (primary N) is 1. The van der Waals surface area contributed by atoms with Gasteiger partial charge in [-0.05, 0) is 44.0 Å². The van der Waals surface area contributed by atoms with E-state index in [0.29, 0.717) is 6.54 Å². The number of hydrogen-bond donors (Lipinski definition) is 4. The third-order valence-electron chi connectivity index (χ3n) is 3.84. The van der Waals surface area contributed by atoms with Crippen molar-refractivity contribution >= 4 is 5.91 Å². The quantitative estimate of drug-likeness (QED) is 0.107. The lowest BCUT2D eigenvalue weighted by atomic mass is 10.1. The molecule has 5 N–H and O–H groups in total. The number of carbonyl (C=O) groups excluding carboxylic acids is 1. The Morgan fingerprint density at radius 1 is 1.16 bits per heavy atom. The Balaban J connectivity index is 0. The Bertz CT molecular complexity index is 682. The Morgan fingerprint density at radius 2 is 1.81 bits per heavy atom. The maximum absolute atomic E-state index is 9.96. The smallest absolute Gasteiger partial charge is 0.267 e. The number of carbonyl (C=O) groups is 1. The minimum absolute atomic E-state index is 0.498. The molecule has 0 heterocycles. The minimum atomic E-state index is -0.498. The van der Waals surface area contributed by atoms with Crippen LogP contribution in [0.25, 0.3) is 0 Å². The van der Waals surface area contributed by atoms with E-state index >= 15 is 0 Å². The summed E-state index contributed by atoms with van der Waals surface area (Å²) in [7, 11) is 2.11. The summed E-state index contributed by atoms with van der Waals surface area (Å²) in [6.45, 7) is 17.3. The third kappa shape index (κ3) is 16.5. The molecule has 31 heavy (non-hydrogen) atoms. The van der Waals surface area contributed by atoms with Gasteiger partial charge in [-0.15, -0.1) is 13.2 Å². The van der Waals surface area contributed by atoms with E-state index in [-0.39, 0.29) is 0 Å². The Kier molecular flexibility index (Phi) is 21.3. The molecule has 0 radical (unpaired) electrons. The Hall–Kier alpha value is -2.93. The second-order valence-corrected chi connectivity index (χ2v) is 6.29. The molecule has 172 valence electrons. The topological polar surface area (TPSA) is 90.6 Å². The fraction of sp³-hybridized carbons (Fsp3) is 0.320. The van der Waals surface area contributed by atoms with Gasteiger partial charge in [-0.1, -0.05) is 55.1 Å². The van der Waals surface area contributed by atoms with Gasteiger partial charge in [-0.3, -0.25) is 10.0 Å². The van der Waals surface area contributed by atoms with Crippen molar-refractivity contribution in [3.8, 4) is 0 Å². The summed E-state index contributed by atoms with van der Waals surface area (Å²) in [4.78, 5) is 12.2. The van der Waals surface area contributed by atoms with Gasteiger partial charge in [-0.2, -0.15) is 0 Å². The maximum Gasteiger partial charge on any atom is 0.267 e. The second kappa shape index (κ2) is 21.8. The molecule has 0 aliphatic heterocycles. The summed E-state index contributed by atoms with van der Waals surface area (Å²) in [6, 6.07) is 10.5. The lowest BCUT2D eigenvalue weighted by molar-refractivity contribution is -0.124. The first-order chi connectivity index (χ1) is 15.0. The first kappa shape index (κ1) is 30.3. The summed E-state index contributed by atoms with van der Waals surface area (Å²) >= 11 is 0. The van der Waals surface area contributed by atoms with Gasteiger partial charge in [0.1, 0.15) is 0 Å². The van der Waals surface area contributed by atoms with E-state index < -0.39 is 5.91 Å². The molecule has 0 unspecified atom stereocenters. The van der Waals surface area contributed by atoms with Crippen LogP contribution in [0.15, 0.2) is 91.7 Å². The molecular formula is C25H40N4O2. The number of amides is 1. The maximum atomic E-state index is 9.96. The van der Waals surface area contributed by atoms with Crippen LogP contribution in [0.4, 0.5) is 0 Å². The average Bonchev–Trinajstić information content (AvgIpc) is 2.79. The molecule has 1 aromatic rings. The molecule has 1 rings (SSSR count). The Labute approximate surface area is 188 Å². The number of hydroxylamine groups is 1. The SMILES string of the molecule is C/C=C/C(=O)NO.C=C.C=C(CCNCCN)/C(=C\C=C/C)N(C)Cc1ccccc1. The number of likely N-dealkylation sites (N-methyl/N-ethyl adjacent to an activating group) is 1. The number of nitrogens with one attached hydrogen (secondary N) is 2. The van der Waals surface area contributed by atoms with Crippen molar-refractivity contribution in [1.82, 2.24) is 15.7 Å². The summed E-state index contributed by atoms with van der Waals surface area (Å²) in [5.74, 6) is -0.498. The highest BCUT2D eigenvalue weighted by molar-refractivity contribution is 5.86. The highest BCUT2D eigenvalue weighted by Crippen LogP contribution is 2.18. The standard InChI is InChI=1S/C19H29N3.C4H7NO2.C2H4/c1-4-5-11-19(17(2)12-14-21-15-13-20)22(3)16-18-9-7-6-8-10-18;1-2-3-4(6)5-7;1-2/h4-11,21H,2,12-16,20H2,1,3H3;2-3,7H,1H3,(H,5,6);1-2H2/b5-4-,19-11+;3-2+;. The van der Waals surface area contributed by atoms with E-state index in [1.54, 1.807) is 6.92 Å². The molecule has 6 nitrogen and oxygen atoms in total. The second-order valence-electron chi connectivity index (χ2n) is 6.29. The van der Waals surface area contributed by atoms with E-state index in [9.17, 15) is 4.79 Å². The van der Waals surface area contributed by atoms with Crippen LogP contribution >= 0.6 is 0 Å². The number of rotatable bonds is 11. The van der Waals surface area contributed by atoms with Crippen LogP contribution < -0.4 is 16.5 Å². The van der Waals surface area contributed by atoms with E-state index in [1.807, 2.05) is 19.1 Å². The normalized spacial score (nSPS) is 10.7. The lowest BCUT2D eigenvalue weighted by Crippen LogP contribution is -2.25. The number of hydrogen-bond acceptors (Lipinski definition) is 5. The highest BCUT2D eigenvalue weighted by Gasteiger charge is 2.08. The van der Waals surface area contributed by atoms with E-state index in [1.165, 1.54) is 28.9 Å². The molecule has 0 saturated heterocycles. The van der Waals surface area contributed by atoms with Crippen molar-refractivity contribution in [2.24, 2.45) is 5.73 Å².